The molecule has 0 saturated carbocycles. The van der Waals surface area contributed by atoms with Gasteiger partial charge in [-0.2, -0.15) is 5.10 Å². The molecular formula is C24H23F2N7O3. The number of hydrogen-bond acceptors (Lipinski definition) is 7. The molecule has 1 fully saturated rings. The van der Waals surface area contributed by atoms with E-state index < -0.39 is 28.7 Å². The van der Waals surface area contributed by atoms with Gasteiger partial charge in [0.15, 0.2) is 17.5 Å². The highest BCUT2D eigenvalue weighted by atomic mass is 19.2. The summed E-state index contributed by atoms with van der Waals surface area (Å²) in [6.45, 7) is 2.36. The predicted octanol–water partition coefficient (Wildman–Crippen LogP) is 3.23. The van der Waals surface area contributed by atoms with Gasteiger partial charge < -0.3 is 14.6 Å². The number of pyridine rings is 1. The summed E-state index contributed by atoms with van der Waals surface area (Å²) in [5.74, 6) is -2.08. The second-order valence-corrected chi connectivity index (χ2v) is 8.84. The summed E-state index contributed by atoms with van der Waals surface area (Å²) in [6, 6.07) is 10.9. The summed E-state index contributed by atoms with van der Waals surface area (Å²) in [5.41, 5.74) is 0.572. The molecule has 1 amide bonds. The van der Waals surface area contributed by atoms with Crippen molar-refractivity contribution in [1.29, 1.82) is 0 Å². The number of nitrogens with one attached hydrogen (secondary N) is 3. The maximum atomic E-state index is 14.2. The Kier molecular flexibility index (Phi) is 6.08. The van der Waals surface area contributed by atoms with Crippen LogP contribution in [0.25, 0.3) is 0 Å². The summed E-state index contributed by atoms with van der Waals surface area (Å²) in [7, 11) is 0. The van der Waals surface area contributed by atoms with Crippen LogP contribution in [0.4, 0.5) is 20.4 Å². The van der Waals surface area contributed by atoms with Crippen LogP contribution < -0.4 is 11.1 Å². The van der Waals surface area contributed by atoms with Crippen LogP contribution in [0, 0.1) is 18.6 Å². The molecule has 4 aromatic rings. The monoisotopic (exact) mass is 495 g/mol. The molecule has 186 valence electrons. The van der Waals surface area contributed by atoms with Gasteiger partial charge in [0.1, 0.15) is 5.82 Å². The first-order valence-electron chi connectivity index (χ1n) is 11.4. The third kappa shape index (κ3) is 4.61. The Morgan fingerprint density at radius 1 is 1.11 bits per heavy atom. The first-order valence-corrected chi connectivity index (χ1v) is 11.4. The molecule has 0 radical (unpaired) electrons. The minimum absolute atomic E-state index is 0.222. The van der Waals surface area contributed by atoms with E-state index in [4.69, 9.17) is 4.42 Å². The molecule has 1 aliphatic rings. The average molecular weight is 495 g/mol. The van der Waals surface area contributed by atoms with Gasteiger partial charge in [-0.15, -0.1) is 5.10 Å². The van der Waals surface area contributed by atoms with Crippen LogP contribution in [-0.2, 0) is 11.8 Å². The molecule has 3 aromatic heterocycles. The molecule has 1 aliphatic heterocycles. The Hall–Kier alpha value is -4.35. The molecule has 0 spiro atoms. The van der Waals surface area contributed by atoms with Gasteiger partial charge in [-0.3, -0.25) is 9.89 Å². The van der Waals surface area contributed by atoms with Crippen molar-refractivity contribution < 1.29 is 18.0 Å². The largest absolute Gasteiger partial charge is 0.434 e. The zero-order valence-electron chi connectivity index (χ0n) is 19.3. The van der Waals surface area contributed by atoms with Crippen molar-refractivity contribution in [2.75, 3.05) is 18.4 Å². The number of aromatic amines is 2. The Labute approximate surface area is 203 Å². The maximum absolute atomic E-state index is 14.2. The van der Waals surface area contributed by atoms with Gasteiger partial charge >= 0.3 is 5.76 Å². The number of rotatable bonds is 6. The van der Waals surface area contributed by atoms with E-state index in [9.17, 15) is 18.4 Å². The summed E-state index contributed by atoms with van der Waals surface area (Å²) in [4.78, 5) is 30.8. The molecule has 5 rings (SSSR count). The fourth-order valence-electron chi connectivity index (χ4n) is 4.51. The number of carbonyl (C=O) groups excluding carboxylic acids is 1. The molecule has 4 heterocycles. The van der Waals surface area contributed by atoms with E-state index in [1.54, 1.807) is 0 Å². The highest BCUT2D eigenvalue weighted by Gasteiger charge is 2.42. The van der Waals surface area contributed by atoms with Crippen LogP contribution in [0.2, 0.25) is 0 Å². The van der Waals surface area contributed by atoms with Gasteiger partial charge in [0.2, 0.25) is 5.89 Å². The average Bonchev–Trinajstić information content (AvgIpc) is 3.49. The van der Waals surface area contributed by atoms with Gasteiger partial charge in [0.05, 0.1) is 11.0 Å². The molecule has 3 N–H and O–H groups in total. The number of benzene rings is 1. The van der Waals surface area contributed by atoms with Gasteiger partial charge in [0, 0.05) is 37.0 Å². The third-order valence-electron chi connectivity index (χ3n) is 6.37. The number of piperidine rings is 1. The number of carbonyl (C=O) groups is 1. The summed E-state index contributed by atoms with van der Waals surface area (Å²) < 4.78 is 33.2. The molecule has 12 heteroatoms. The fraction of sp³-hybridized carbons (Fsp3) is 0.292. The van der Waals surface area contributed by atoms with Crippen molar-refractivity contribution in [3.05, 3.63) is 87.5 Å². The van der Waals surface area contributed by atoms with Crippen molar-refractivity contribution in [2.45, 2.75) is 31.6 Å². The number of amides is 1. The molecule has 0 aliphatic carbocycles. The van der Waals surface area contributed by atoms with E-state index >= 15 is 0 Å². The Morgan fingerprint density at radius 3 is 2.58 bits per heavy atom. The number of H-pyrrole nitrogens is 2. The molecule has 10 nitrogen and oxygen atoms in total. The Balaban J connectivity index is 1.38. The fourth-order valence-corrected chi connectivity index (χ4v) is 4.51. The molecule has 0 unspecified atom stereocenters. The lowest BCUT2D eigenvalue weighted by Gasteiger charge is -2.39. The van der Waals surface area contributed by atoms with E-state index in [1.807, 2.05) is 31.2 Å². The highest BCUT2D eigenvalue weighted by molar-refractivity contribution is 5.94. The normalized spacial score (nSPS) is 15.1. The summed E-state index contributed by atoms with van der Waals surface area (Å²) in [6.07, 6.45) is 1.13. The van der Waals surface area contributed by atoms with Crippen molar-refractivity contribution >= 4 is 17.5 Å². The quantitative estimate of drug-likeness (QED) is 0.374. The Morgan fingerprint density at radius 2 is 1.89 bits per heavy atom. The predicted molar refractivity (Wildman–Crippen MR) is 125 cm³/mol. The second-order valence-electron chi connectivity index (χ2n) is 8.84. The van der Waals surface area contributed by atoms with E-state index in [0.717, 1.165) is 11.8 Å². The molecule has 0 atom stereocenters. The second kappa shape index (κ2) is 9.36. The summed E-state index contributed by atoms with van der Waals surface area (Å²) >= 11 is 0. The first-order chi connectivity index (χ1) is 17.3. The lowest BCUT2D eigenvalue weighted by Crippen LogP contribution is -2.46. The van der Waals surface area contributed by atoms with Gasteiger partial charge in [-0.05, 0) is 44.0 Å². The minimum atomic E-state index is -1.17. The number of aromatic nitrogens is 5. The van der Waals surface area contributed by atoms with Crippen molar-refractivity contribution in [2.24, 2.45) is 0 Å². The number of halogens is 2. The molecular weight excluding hydrogens is 472 g/mol. The topological polar surface area (TPSA) is 133 Å². The van der Waals surface area contributed by atoms with Gasteiger partial charge in [0.25, 0.3) is 5.91 Å². The van der Waals surface area contributed by atoms with E-state index in [0.29, 0.717) is 36.6 Å². The number of aryl methyl sites for hydroxylation is 1. The zero-order valence-corrected chi connectivity index (χ0v) is 19.3. The number of nitrogens with zero attached hydrogens (tertiary/aromatic N) is 4. The van der Waals surface area contributed by atoms with Gasteiger partial charge in [-0.1, -0.05) is 12.1 Å². The van der Waals surface area contributed by atoms with E-state index in [1.165, 1.54) is 17.0 Å². The van der Waals surface area contributed by atoms with Crippen LogP contribution in [0.3, 0.4) is 0 Å². The maximum Gasteiger partial charge on any atom is 0.434 e. The van der Waals surface area contributed by atoms with Crippen LogP contribution in [0.1, 0.15) is 40.5 Å². The molecule has 0 bridgehead atoms. The van der Waals surface area contributed by atoms with Crippen LogP contribution in [-0.4, -0.2) is 49.3 Å². The van der Waals surface area contributed by atoms with E-state index in [2.05, 4.69) is 30.7 Å². The lowest BCUT2D eigenvalue weighted by molar-refractivity contribution is 0.0635. The van der Waals surface area contributed by atoms with Crippen molar-refractivity contribution in [3.63, 3.8) is 0 Å². The SMILES string of the molecule is Cc1cc(Nc2cccc(CC3(c4n[nH]c(=O)o4)CCN(C(=O)c4cccc(F)c4F)CC3)n2)n[nH]1. The number of hydrogen-bond donors (Lipinski definition) is 3. The van der Waals surface area contributed by atoms with Crippen LogP contribution in [0.15, 0.2) is 51.7 Å². The standard InChI is InChI=1S/C24H23F2N7O3/c1-14-12-19(30-29-14)28-18-7-2-4-15(27-18)13-24(22-31-32-23(35)36-22)8-10-33(11-9-24)21(34)16-5-3-6-17(25)20(16)26/h2-7,12H,8-11,13H2,1H3,(H,32,35)(H2,27,28,29,30). The number of likely N-dealkylation sites (tertiary alicyclic amines) is 1. The van der Waals surface area contributed by atoms with Gasteiger partial charge in [-0.25, -0.2) is 23.7 Å². The summed E-state index contributed by atoms with van der Waals surface area (Å²) in [5, 5.41) is 16.5. The van der Waals surface area contributed by atoms with Crippen LogP contribution in [0.5, 0.6) is 0 Å². The Bertz CT molecular complexity index is 1450. The smallest absolute Gasteiger partial charge is 0.392 e. The minimum Gasteiger partial charge on any atom is -0.392 e. The van der Waals surface area contributed by atoms with Crippen LogP contribution >= 0.6 is 0 Å². The van der Waals surface area contributed by atoms with E-state index in [-0.39, 0.29) is 24.5 Å². The first kappa shape index (κ1) is 23.4. The number of anilines is 2. The molecule has 36 heavy (non-hydrogen) atoms. The molecule has 1 aromatic carbocycles. The molecule has 1 saturated heterocycles. The third-order valence-corrected chi connectivity index (χ3v) is 6.37. The van der Waals surface area contributed by atoms with Crippen molar-refractivity contribution in [3.8, 4) is 0 Å². The van der Waals surface area contributed by atoms with Crippen molar-refractivity contribution in [1.82, 2.24) is 30.3 Å². The highest BCUT2D eigenvalue weighted by Crippen LogP contribution is 2.37. The lowest BCUT2D eigenvalue weighted by atomic mass is 9.74. The zero-order chi connectivity index (χ0) is 25.3.